The normalized spacial score (nSPS) is 13.4. The lowest BCUT2D eigenvalue weighted by Gasteiger charge is -2.16. The number of carboxylic acids is 1. The van der Waals surface area contributed by atoms with Gasteiger partial charge in [0.25, 0.3) is 11.8 Å². The summed E-state index contributed by atoms with van der Waals surface area (Å²) in [6.07, 6.45) is -0.267. The van der Waals surface area contributed by atoms with Gasteiger partial charge in [0.15, 0.2) is 0 Å². The minimum absolute atomic E-state index is 0.00931. The van der Waals surface area contributed by atoms with Crippen LogP contribution in [-0.2, 0) is 11.2 Å². The Morgan fingerprint density at radius 1 is 1.00 bits per heavy atom. The molecule has 0 fully saturated rings. The third-order valence-corrected chi connectivity index (χ3v) is 3.43. The fourth-order valence-corrected chi connectivity index (χ4v) is 2.44. The Kier molecular flexibility index (Phi) is 3.14. The highest BCUT2D eigenvalue weighted by molar-refractivity contribution is 6.34. The first-order valence-electron chi connectivity index (χ1n) is 6.50. The minimum Gasteiger partial charge on any atom is -0.506 e. The molecule has 0 radical (unpaired) electrons. The summed E-state index contributed by atoms with van der Waals surface area (Å²) in [4.78, 5) is 36.4. The van der Waals surface area contributed by atoms with Crippen LogP contribution in [0.25, 0.3) is 0 Å². The van der Waals surface area contributed by atoms with E-state index < -0.39 is 17.8 Å². The van der Waals surface area contributed by atoms with Gasteiger partial charge in [0.1, 0.15) is 5.75 Å². The molecule has 0 bridgehead atoms. The van der Waals surface area contributed by atoms with E-state index in [2.05, 4.69) is 0 Å². The number of aliphatic carboxylic acids is 1. The van der Waals surface area contributed by atoms with Crippen LogP contribution < -0.4 is 4.90 Å². The van der Waals surface area contributed by atoms with Gasteiger partial charge >= 0.3 is 5.97 Å². The van der Waals surface area contributed by atoms with E-state index in [1.807, 2.05) is 0 Å². The lowest BCUT2D eigenvalue weighted by atomic mass is 10.1. The molecule has 0 spiro atoms. The van der Waals surface area contributed by atoms with E-state index in [0.717, 1.165) is 4.90 Å². The predicted molar refractivity (Wildman–Crippen MR) is 77.0 cm³/mol. The van der Waals surface area contributed by atoms with Crippen LogP contribution in [0.4, 0.5) is 5.69 Å². The summed E-state index contributed by atoms with van der Waals surface area (Å²) in [7, 11) is 0. The van der Waals surface area contributed by atoms with E-state index in [1.54, 1.807) is 12.1 Å². The second kappa shape index (κ2) is 5.00. The molecule has 2 amide bonds. The number of carboxylic acid groups (broad SMARTS) is 1. The molecule has 2 aromatic rings. The fourth-order valence-electron chi connectivity index (χ4n) is 2.44. The van der Waals surface area contributed by atoms with Crippen LogP contribution in [0.15, 0.2) is 42.5 Å². The average molecular weight is 297 g/mol. The van der Waals surface area contributed by atoms with Crippen molar-refractivity contribution in [3.8, 4) is 5.75 Å². The summed E-state index contributed by atoms with van der Waals surface area (Å²) in [5.74, 6) is -2.38. The van der Waals surface area contributed by atoms with Gasteiger partial charge in [0.2, 0.25) is 0 Å². The molecule has 0 saturated heterocycles. The Labute approximate surface area is 125 Å². The molecule has 0 aromatic heterocycles. The average Bonchev–Trinajstić information content (AvgIpc) is 2.73. The summed E-state index contributed by atoms with van der Waals surface area (Å²) in [5.41, 5.74) is 0.896. The number of fused-ring (bicyclic) bond motifs is 1. The van der Waals surface area contributed by atoms with Crippen LogP contribution in [-0.4, -0.2) is 28.0 Å². The van der Waals surface area contributed by atoms with Crippen molar-refractivity contribution in [2.45, 2.75) is 6.42 Å². The molecule has 2 N–H and O–H groups in total. The van der Waals surface area contributed by atoms with Crippen LogP contribution in [0.1, 0.15) is 26.3 Å². The molecule has 6 nitrogen and oxygen atoms in total. The van der Waals surface area contributed by atoms with Gasteiger partial charge in [-0.15, -0.1) is 0 Å². The van der Waals surface area contributed by atoms with Gasteiger partial charge in [-0.2, -0.15) is 0 Å². The highest BCUT2D eigenvalue weighted by Crippen LogP contribution is 2.34. The number of hydrogen-bond donors (Lipinski definition) is 2. The van der Waals surface area contributed by atoms with Crippen molar-refractivity contribution in [3.63, 3.8) is 0 Å². The lowest BCUT2D eigenvalue weighted by Crippen LogP contribution is -2.29. The van der Waals surface area contributed by atoms with Crippen LogP contribution >= 0.6 is 0 Å². The summed E-state index contributed by atoms with van der Waals surface area (Å²) in [6, 6.07) is 10.4. The highest BCUT2D eigenvalue weighted by Gasteiger charge is 2.37. The SMILES string of the molecule is O=C(O)Cc1ccc(O)c(N2C(=O)c3ccccc3C2=O)c1. The Bertz CT molecular complexity index is 777. The molecule has 22 heavy (non-hydrogen) atoms. The van der Waals surface area contributed by atoms with E-state index in [4.69, 9.17) is 5.11 Å². The molecule has 0 saturated carbocycles. The number of rotatable bonds is 3. The smallest absolute Gasteiger partial charge is 0.307 e. The van der Waals surface area contributed by atoms with Gasteiger partial charge in [-0.1, -0.05) is 18.2 Å². The van der Waals surface area contributed by atoms with E-state index in [0.29, 0.717) is 5.56 Å². The first kappa shape index (κ1) is 13.8. The third-order valence-electron chi connectivity index (χ3n) is 3.43. The maximum Gasteiger partial charge on any atom is 0.307 e. The minimum atomic E-state index is -1.04. The molecule has 0 unspecified atom stereocenters. The molecular formula is C16H11NO5. The van der Waals surface area contributed by atoms with Crippen LogP contribution in [0, 0.1) is 0 Å². The molecule has 1 aliphatic heterocycles. The zero-order valence-corrected chi connectivity index (χ0v) is 11.3. The third kappa shape index (κ3) is 2.10. The number of nitrogens with zero attached hydrogens (tertiary/aromatic N) is 1. The number of hydrogen-bond acceptors (Lipinski definition) is 4. The predicted octanol–water partition coefficient (Wildman–Crippen LogP) is 1.82. The lowest BCUT2D eigenvalue weighted by molar-refractivity contribution is -0.136. The van der Waals surface area contributed by atoms with Gasteiger partial charge in [-0.25, -0.2) is 4.90 Å². The molecular weight excluding hydrogens is 286 g/mol. The molecule has 2 aromatic carbocycles. The first-order valence-corrected chi connectivity index (χ1v) is 6.50. The number of carbonyl (C=O) groups is 3. The molecule has 6 heteroatoms. The Morgan fingerprint density at radius 2 is 1.59 bits per heavy atom. The van der Waals surface area contributed by atoms with Crippen molar-refractivity contribution in [3.05, 3.63) is 59.2 Å². The van der Waals surface area contributed by atoms with Crippen LogP contribution in [0.5, 0.6) is 5.75 Å². The summed E-state index contributed by atoms with van der Waals surface area (Å²) in [5, 5.41) is 18.8. The quantitative estimate of drug-likeness (QED) is 0.843. The molecule has 1 aliphatic rings. The second-order valence-corrected chi connectivity index (χ2v) is 4.88. The van der Waals surface area contributed by atoms with Gasteiger partial charge in [-0.05, 0) is 29.8 Å². The van der Waals surface area contributed by atoms with Crippen molar-refractivity contribution in [1.82, 2.24) is 0 Å². The van der Waals surface area contributed by atoms with Gasteiger partial charge < -0.3 is 10.2 Å². The number of carbonyl (C=O) groups excluding carboxylic acids is 2. The Morgan fingerprint density at radius 3 is 2.14 bits per heavy atom. The molecule has 3 rings (SSSR count). The fraction of sp³-hybridized carbons (Fsp3) is 0.0625. The van der Waals surface area contributed by atoms with Crippen molar-refractivity contribution in [1.29, 1.82) is 0 Å². The van der Waals surface area contributed by atoms with E-state index in [1.165, 1.54) is 30.3 Å². The van der Waals surface area contributed by atoms with E-state index >= 15 is 0 Å². The molecule has 0 aliphatic carbocycles. The van der Waals surface area contributed by atoms with E-state index in [9.17, 15) is 19.5 Å². The summed E-state index contributed by atoms with van der Waals surface area (Å²) >= 11 is 0. The largest absolute Gasteiger partial charge is 0.506 e. The van der Waals surface area contributed by atoms with Crippen molar-refractivity contribution >= 4 is 23.5 Å². The van der Waals surface area contributed by atoms with Gasteiger partial charge in [0, 0.05) is 0 Å². The molecule has 0 atom stereocenters. The maximum absolute atomic E-state index is 12.4. The van der Waals surface area contributed by atoms with Gasteiger partial charge in [0.05, 0.1) is 23.2 Å². The van der Waals surface area contributed by atoms with E-state index in [-0.39, 0.29) is 29.0 Å². The number of phenolic OH excluding ortho intramolecular Hbond substituents is 1. The second-order valence-electron chi connectivity index (χ2n) is 4.88. The molecule has 110 valence electrons. The topological polar surface area (TPSA) is 94.9 Å². The maximum atomic E-state index is 12.4. The zero-order valence-electron chi connectivity index (χ0n) is 11.3. The van der Waals surface area contributed by atoms with Crippen molar-refractivity contribution in [2.24, 2.45) is 0 Å². The Balaban J connectivity index is 2.07. The number of phenols is 1. The Hall–Kier alpha value is -3.15. The summed E-state index contributed by atoms with van der Waals surface area (Å²) in [6.45, 7) is 0. The van der Waals surface area contributed by atoms with Gasteiger partial charge in [-0.3, -0.25) is 14.4 Å². The number of imide groups is 1. The number of anilines is 1. The molecule has 1 heterocycles. The van der Waals surface area contributed by atoms with Crippen molar-refractivity contribution < 1.29 is 24.6 Å². The number of amides is 2. The van der Waals surface area contributed by atoms with Crippen LogP contribution in [0.3, 0.4) is 0 Å². The van der Waals surface area contributed by atoms with Crippen LogP contribution in [0.2, 0.25) is 0 Å². The zero-order chi connectivity index (χ0) is 15.9. The van der Waals surface area contributed by atoms with Crippen molar-refractivity contribution in [2.75, 3.05) is 4.90 Å². The number of benzene rings is 2. The monoisotopic (exact) mass is 297 g/mol. The first-order chi connectivity index (χ1) is 10.5. The number of aromatic hydroxyl groups is 1. The summed E-state index contributed by atoms with van der Waals surface area (Å²) < 4.78 is 0. The standard InChI is InChI=1S/C16H11NO5/c18-13-6-5-9(8-14(19)20)7-12(13)17-15(21)10-3-1-2-4-11(10)16(17)22/h1-7,18H,8H2,(H,19,20). The highest BCUT2D eigenvalue weighted by atomic mass is 16.4.